The van der Waals surface area contributed by atoms with Gasteiger partial charge in [-0.3, -0.25) is 0 Å². The Morgan fingerprint density at radius 3 is 2.21 bits per heavy atom. The van der Waals surface area contributed by atoms with Gasteiger partial charge in [0, 0.05) is 17.2 Å². The lowest BCUT2D eigenvalue weighted by atomic mass is 10.1. The Kier molecular flexibility index (Phi) is 4.67. The van der Waals surface area contributed by atoms with Crippen molar-refractivity contribution < 1.29 is 0 Å². The number of hydrogen-bond acceptors (Lipinski definition) is 2. The molecule has 0 spiro atoms. The molecule has 0 bridgehead atoms. The predicted octanol–water partition coefficient (Wildman–Crippen LogP) is 4.36. The normalized spacial score (nSPS) is 10.7. The summed E-state index contributed by atoms with van der Waals surface area (Å²) in [5.74, 6) is 0.999. The lowest BCUT2D eigenvalue weighted by Crippen LogP contribution is -1.98. The van der Waals surface area contributed by atoms with E-state index in [9.17, 15) is 0 Å². The first kappa shape index (κ1) is 14.2. The lowest BCUT2D eigenvalue weighted by Gasteiger charge is -2.10. The molecule has 0 saturated heterocycles. The van der Waals surface area contributed by atoms with Gasteiger partial charge in [0.05, 0.1) is 0 Å². The Morgan fingerprint density at radius 1 is 0.895 bits per heavy atom. The molecule has 0 amide bonds. The van der Waals surface area contributed by atoms with E-state index in [1.165, 1.54) is 32.7 Å². The number of thioether (sulfide) groups is 1. The number of benzene rings is 2. The quantitative estimate of drug-likeness (QED) is 0.836. The van der Waals surface area contributed by atoms with Gasteiger partial charge in [-0.1, -0.05) is 41.5 Å². The zero-order valence-electron chi connectivity index (χ0n) is 11.9. The molecule has 0 heterocycles. The second-order valence-electron chi connectivity index (χ2n) is 5.10. The maximum absolute atomic E-state index is 5.80. The van der Waals surface area contributed by atoms with E-state index >= 15 is 0 Å². The molecule has 19 heavy (non-hydrogen) atoms. The van der Waals surface area contributed by atoms with Crippen molar-refractivity contribution in [2.24, 2.45) is 5.73 Å². The highest BCUT2D eigenvalue weighted by atomic mass is 32.2. The number of hydrogen-bond donors (Lipinski definition) is 1. The minimum Gasteiger partial charge on any atom is -0.326 e. The fourth-order valence-corrected chi connectivity index (χ4v) is 3.37. The molecule has 0 radical (unpaired) electrons. The molecule has 2 heteroatoms. The van der Waals surface area contributed by atoms with Gasteiger partial charge in [-0.15, -0.1) is 11.8 Å². The van der Waals surface area contributed by atoms with E-state index in [4.69, 9.17) is 5.73 Å². The molecule has 0 unspecified atom stereocenters. The highest BCUT2D eigenvalue weighted by Crippen LogP contribution is 2.27. The third kappa shape index (κ3) is 3.85. The van der Waals surface area contributed by atoms with E-state index in [0.29, 0.717) is 6.54 Å². The Bertz CT molecular complexity index is 555. The second-order valence-corrected chi connectivity index (χ2v) is 6.12. The van der Waals surface area contributed by atoms with Crippen molar-refractivity contribution in [1.29, 1.82) is 0 Å². The minimum atomic E-state index is 0.607. The third-order valence-electron chi connectivity index (χ3n) is 3.12. The highest BCUT2D eigenvalue weighted by Gasteiger charge is 2.04. The van der Waals surface area contributed by atoms with Gasteiger partial charge in [0.2, 0.25) is 0 Å². The van der Waals surface area contributed by atoms with Crippen molar-refractivity contribution in [2.45, 2.75) is 38.0 Å². The van der Waals surface area contributed by atoms with Crippen LogP contribution < -0.4 is 5.73 Å². The Labute approximate surface area is 120 Å². The Hall–Kier alpha value is -1.25. The summed E-state index contributed by atoms with van der Waals surface area (Å²) in [7, 11) is 0. The van der Waals surface area contributed by atoms with E-state index in [2.05, 4.69) is 57.2 Å². The molecule has 2 aromatic rings. The van der Waals surface area contributed by atoms with E-state index < -0.39 is 0 Å². The summed E-state index contributed by atoms with van der Waals surface area (Å²) in [5.41, 5.74) is 12.4. The summed E-state index contributed by atoms with van der Waals surface area (Å²) in [6, 6.07) is 13.2. The maximum atomic E-state index is 5.80. The first-order valence-electron chi connectivity index (χ1n) is 6.58. The summed E-state index contributed by atoms with van der Waals surface area (Å²) in [4.78, 5) is 1.31. The SMILES string of the molecule is Cc1cc(C)cc(CSc2cc(C)ccc2CN)c1. The van der Waals surface area contributed by atoms with Crippen molar-refractivity contribution in [2.75, 3.05) is 0 Å². The molecule has 2 N–H and O–H groups in total. The molecule has 100 valence electrons. The third-order valence-corrected chi connectivity index (χ3v) is 4.29. The molecule has 0 saturated carbocycles. The molecule has 2 aromatic carbocycles. The molecule has 0 aliphatic heterocycles. The van der Waals surface area contributed by atoms with Crippen molar-refractivity contribution in [1.82, 2.24) is 0 Å². The Morgan fingerprint density at radius 2 is 1.58 bits per heavy atom. The van der Waals surface area contributed by atoms with Gasteiger partial charge in [0.15, 0.2) is 0 Å². The molecule has 2 rings (SSSR count). The molecule has 0 aliphatic rings. The van der Waals surface area contributed by atoms with Crippen LogP contribution in [0.1, 0.15) is 27.8 Å². The van der Waals surface area contributed by atoms with Gasteiger partial charge < -0.3 is 5.73 Å². The van der Waals surface area contributed by atoms with Crippen LogP contribution in [-0.2, 0) is 12.3 Å². The number of rotatable bonds is 4. The van der Waals surface area contributed by atoms with Crippen LogP contribution in [0.5, 0.6) is 0 Å². The van der Waals surface area contributed by atoms with Crippen LogP contribution in [0.3, 0.4) is 0 Å². The van der Waals surface area contributed by atoms with E-state index in [-0.39, 0.29) is 0 Å². The summed E-state index contributed by atoms with van der Waals surface area (Å²) in [6.45, 7) is 7.04. The molecule has 0 aromatic heterocycles. The van der Waals surface area contributed by atoms with Gasteiger partial charge in [0.1, 0.15) is 0 Å². The summed E-state index contributed by atoms with van der Waals surface area (Å²) in [5, 5.41) is 0. The van der Waals surface area contributed by atoms with Crippen molar-refractivity contribution in [3.63, 3.8) is 0 Å². The van der Waals surface area contributed by atoms with Crippen LogP contribution in [-0.4, -0.2) is 0 Å². The fourth-order valence-electron chi connectivity index (χ4n) is 2.28. The van der Waals surface area contributed by atoms with Crippen LogP contribution in [0.15, 0.2) is 41.3 Å². The van der Waals surface area contributed by atoms with Gasteiger partial charge >= 0.3 is 0 Å². The molecular formula is C17H21NS. The van der Waals surface area contributed by atoms with Gasteiger partial charge in [-0.2, -0.15) is 0 Å². The topological polar surface area (TPSA) is 26.0 Å². The van der Waals surface area contributed by atoms with Crippen molar-refractivity contribution in [3.8, 4) is 0 Å². The standard InChI is InChI=1S/C17H21NS/c1-12-4-5-16(10-18)17(9-12)19-11-15-7-13(2)6-14(3)8-15/h4-9H,10-11,18H2,1-3H3. The van der Waals surface area contributed by atoms with Gasteiger partial charge in [0.25, 0.3) is 0 Å². The fraction of sp³-hybridized carbons (Fsp3) is 0.294. The maximum Gasteiger partial charge on any atom is 0.0232 e. The predicted molar refractivity (Wildman–Crippen MR) is 84.5 cm³/mol. The average molecular weight is 271 g/mol. The first-order valence-corrected chi connectivity index (χ1v) is 7.56. The molecule has 0 fully saturated rings. The first-order chi connectivity index (χ1) is 9.08. The molecule has 0 aliphatic carbocycles. The van der Waals surface area contributed by atoms with Crippen molar-refractivity contribution in [3.05, 3.63) is 64.2 Å². The Balaban J connectivity index is 2.16. The average Bonchev–Trinajstić information content (AvgIpc) is 2.35. The molecule has 0 atom stereocenters. The zero-order valence-corrected chi connectivity index (χ0v) is 12.7. The monoisotopic (exact) mass is 271 g/mol. The molecular weight excluding hydrogens is 250 g/mol. The number of aryl methyl sites for hydroxylation is 3. The number of nitrogens with two attached hydrogens (primary N) is 1. The van der Waals surface area contributed by atoms with E-state index in [0.717, 1.165) is 5.75 Å². The van der Waals surface area contributed by atoms with Crippen molar-refractivity contribution >= 4 is 11.8 Å². The van der Waals surface area contributed by atoms with E-state index in [1.807, 2.05) is 11.8 Å². The largest absolute Gasteiger partial charge is 0.326 e. The smallest absolute Gasteiger partial charge is 0.0232 e. The zero-order chi connectivity index (χ0) is 13.8. The summed E-state index contributed by atoms with van der Waals surface area (Å²) >= 11 is 1.88. The van der Waals surface area contributed by atoms with Crippen LogP contribution in [0.25, 0.3) is 0 Å². The van der Waals surface area contributed by atoms with Gasteiger partial charge in [-0.25, -0.2) is 0 Å². The van der Waals surface area contributed by atoms with Crippen LogP contribution >= 0.6 is 11.8 Å². The van der Waals surface area contributed by atoms with Gasteiger partial charge in [-0.05, 0) is 43.5 Å². The molecule has 1 nitrogen and oxygen atoms in total. The van der Waals surface area contributed by atoms with Crippen LogP contribution in [0, 0.1) is 20.8 Å². The lowest BCUT2D eigenvalue weighted by molar-refractivity contribution is 1.02. The van der Waals surface area contributed by atoms with E-state index in [1.54, 1.807) is 0 Å². The van der Waals surface area contributed by atoms with Crippen LogP contribution in [0.2, 0.25) is 0 Å². The summed E-state index contributed by atoms with van der Waals surface area (Å²) in [6.07, 6.45) is 0. The highest BCUT2D eigenvalue weighted by molar-refractivity contribution is 7.98. The summed E-state index contributed by atoms with van der Waals surface area (Å²) < 4.78 is 0. The van der Waals surface area contributed by atoms with Crippen LogP contribution in [0.4, 0.5) is 0 Å². The minimum absolute atomic E-state index is 0.607. The second kappa shape index (κ2) is 6.27.